The van der Waals surface area contributed by atoms with Crippen LogP contribution < -0.4 is 9.47 Å². The lowest BCUT2D eigenvalue weighted by Gasteiger charge is -2.22. The first-order valence-corrected chi connectivity index (χ1v) is 12.7. The molecule has 0 aliphatic carbocycles. The van der Waals surface area contributed by atoms with Gasteiger partial charge in [-0.25, -0.2) is 9.59 Å². The molecule has 0 saturated carbocycles. The quantitative estimate of drug-likeness (QED) is 0.149. The van der Waals surface area contributed by atoms with Crippen molar-refractivity contribution in [2.75, 3.05) is 26.3 Å². The van der Waals surface area contributed by atoms with Gasteiger partial charge < -0.3 is 24.2 Å². The molecule has 0 fully saturated rings. The zero-order valence-electron chi connectivity index (χ0n) is 22.3. The minimum atomic E-state index is -4.25. The van der Waals surface area contributed by atoms with E-state index < -0.39 is 35.7 Å². The Morgan fingerprint density at radius 1 is 1.05 bits per heavy atom. The van der Waals surface area contributed by atoms with Crippen LogP contribution in [0.15, 0.2) is 42.5 Å². The van der Waals surface area contributed by atoms with Crippen LogP contribution in [0.1, 0.15) is 43.7 Å². The van der Waals surface area contributed by atoms with Gasteiger partial charge in [0.2, 0.25) is 0 Å². The number of hydrogen-bond acceptors (Lipinski definition) is 7. The van der Waals surface area contributed by atoms with Gasteiger partial charge >= 0.3 is 18.2 Å². The topological polar surface area (TPSA) is 128 Å². The smallest absolute Gasteiger partial charge is 0.415 e. The maximum absolute atomic E-state index is 12.8. The second kappa shape index (κ2) is 15.7. The number of rotatable bonds is 16. The van der Waals surface area contributed by atoms with E-state index in [-0.39, 0.29) is 57.0 Å². The van der Waals surface area contributed by atoms with Crippen LogP contribution in [0.3, 0.4) is 0 Å². The number of unbranched alkanes of at least 4 members (excludes halogenated alkanes) is 2. The van der Waals surface area contributed by atoms with Gasteiger partial charge in [0.25, 0.3) is 5.69 Å². The SMILES string of the molecule is CCOC(Cc1ccc(OCCN(CCCCCC(F)(F)F)C(=O)Oc2ccc(C)c([N+](=O)[O-])c2)cc1)C(=O)O. The summed E-state index contributed by atoms with van der Waals surface area (Å²) in [5.74, 6) is -0.639. The van der Waals surface area contributed by atoms with E-state index in [1.807, 2.05) is 0 Å². The highest BCUT2D eigenvalue weighted by Crippen LogP contribution is 2.25. The first-order chi connectivity index (χ1) is 18.9. The molecule has 2 aromatic carbocycles. The summed E-state index contributed by atoms with van der Waals surface area (Å²) in [6.07, 6.45) is -6.33. The average Bonchev–Trinajstić information content (AvgIpc) is 2.88. The van der Waals surface area contributed by atoms with Crippen LogP contribution in [0.2, 0.25) is 0 Å². The van der Waals surface area contributed by atoms with Crippen molar-refractivity contribution in [1.29, 1.82) is 0 Å². The van der Waals surface area contributed by atoms with E-state index in [0.717, 1.165) is 11.6 Å². The number of hydrogen-bond donors (Lipinski definition) is 1. The Bertz CT molecular complexity index is 1130. The number of alkyl halides is 3. The Morgan fingerprint density at radius 2 is 1.73 bits per heavy atom. The molecule has 2 rings (SSSR count). The van der Waals surface area contributed by atoms with Gasteiger partial charge in [-0.2, -0.15) is 13.2 Å². The summed E-state index contributed by atoms with van der Waals surface area (Å²) < 4.78 is 53.5. The molecule has 0 heterocycles. The zero-order valence-corrected chi connectivity index (χ0v) is 22.3. The lowest BCUT2D eigenvalue weighted by Crippen LogP contribution is -2.37. The molecule has 1 amide bonds. The molecule has 13 heteroatoms. The first-order valence-electron chi connectivity index (χ1n) is 12.7. The molecule has 0 saturated heterocycles. The molecule has 40 heavy (non-hydrogen) atoms. The average molecular weight is 571 g/mol. The molecule has 10 nitrogen and oxygen atoms in total. The van der Waals surface area contributed by atoms with Gasteiger partial charge in [-0.05, 0) is 56.5 Å². The fourth-order valence-corrected chi connectivity index (χ4v) is 3.74. The number of ether oxygens (including phenoxy) is 3. The molecule has 2 aromatic rings. The van der Waals surface area contributed by atoms with Crippen molar-refractivity contribution in [1.82, 2.24) is 4.90 Å². The van der Waals surface area contributed by atoms with Crippen LogP contribution in [-0.2, 0) is 16.0 Å². The van der Waals surface area contributed by atoms with Crippen molar-refractivity contribution in [2.24, 2.45) is 0 Å². The number of carboxylic acid groups (broad SMARTS) is 1. The van der Waals surface area contributed by atoms with Crippen molar-refractivity contribution >= 4 is 17.7 Å². The number of benzene rings is 2. The molecule has 0 radical (unpaired) electrons. The summed E-state index contributed by atoms with van der Waals surface area (Å²) in [6.45, 7) is 3.69. The number of aryl methyl sites for hydroxylation is 1. The van der Waals surface area contributed by atoms with Gasteiger partial charge in [0.05, 0.1) is 17.5 Å². The lowest BCUT2D eigenvalue weighted by atomic mass is 10.1. The van der Waals surface area contributed by atoms with Crippen LogP contribution in [0.5, 0.6) is 11.5 Å². The van der Waals surface area contributed by atoms with E-state index in [1.54, 1.807) is 38.1 Å². The van der Waals surface area contributed by atoms with Crippen LogP contribution in [0, 0.1) is 17.0 Å². The van der Waals surface area contributed by atoms with Gasteiger partial charge in [0, 0.05) is 31.6 Å². The lowest BCUT2D eigenvalue weighted by molar-refractivity contribution is -0.385. The van der Waals surface area contributed by atoms with Crippen LogP contribution in [-0.4, -0.2) is 65.6 Å². The van der Waals surface area contributed by atoms with Crippen LogP contribution in [0.25, 0.3) is 0 Å². The number of amides is 1. The highest BCUT2D eigenvalue weighted by Gasteiger charge is 2.26. The summed E-state index contributed by atoms with van der Waals surface area (Å²) in [4.78, 5) is 36.0. The molecule has 220 valence electrons. The maximum atomic E-state index is 12.8. The number of nitro groups is 1. The second-order valence-corrected chi connectivity index (χ2v) is 8.97. The molecular weight excluding hydrogens is 537 g/mol. The minimum absolute atomic E-state index is 0.0295. The van der Waals surface area contributed by atoms with E-state index in [1.165, 1.54) is 17.0 Å². The Hall–Kier alpha value is -3.87. The number of aliphatic carboxylic acids is 1. The molecular formula is C27H33F3N2O8. The molecule has 1 unspecified atom stereocenters. The van der Waals surface area contributed by atoms with E-state index in [0.29, 0.717) is 17.7 Å². The number of nitro benzene ring substituents is 1. The normalized spacial score (nSPS) is 12.0. The standard InChI is InChI=1S/C27H33F3N2O8/c1-3-38-24(25(33)34)17-20-8-11-21(12-9-20)39-16-15-31(14-6-4-5-13-27(28,29)30)26(35)40-22-10-7-19(2)23(18-22)32(36)37/h7-12,18,24H,3-6,13-17H2,1-2H3,(H,33,34). The predicted molar refractivity (Wildman–Crippen MR) is 139 cm³/mol. The molecule has 1 atom stereocenters. The van der Waals surface area contributed by atoms with Crippen molar-refractivity contribution in [3.8, 4) is 11.5 Å². The van der Waals surface area contributed by atoms with Crippen molar-refractivity contribution in [3.05, 3.63) is 63.7 Å². The Labute approximate surface area is 229 Å². The van der Waals surface area contributed by atoms with Crippen LogP contribution >= 0.6 is 0 Å². The van der Waals surface area contributed by atoms with Crippen molar-refractivity contribution in [3.63, 3.8) is 0 Å². The molecule has 0 bridgehead atoms. The molecule has 1 N–H and O–H groups in total. The molecule has 0 aliphatic rings. The summed E-state index contributed by atoms with van der Waals surface area (Å²) in [5.41, 5.74) is 0.901. The highest BCUT2D eigenvalue weighted by atomic mass is 19.4. The molecule has 0 aromatic heterocycles. The fraction of sp³-hybridized carbons (Fsp3) is 0.481. The van der Waals surface area contributed by atoms with Crippen molar-refractivity contribution in [2.45, 2.75) is 58.2 Å². The monoisotopic (exact) mass is 570 g/mol. The third-order valence-corrected chi connectivity index (χ3v) is 5.85. The van der Waals surface area contributed by atoms with Gasteiger partial charge in [-0.3, -0.25) is 10.1 Å². The van der Waals surface area contributed by atoms with E-state index in [4.69, 9.17) is 14.2 Å². The van der Waals surface area contributed by atoms with Crippen molar-refractivity contribution < 1.29 is 47.0 Å². The number of carbonyl (C=O) groups is 2. The predicted octanol–water partition coefficient (Wildman–Crippen LogP) is 5.94. The number of carboxylic acids is 1. The summed E-state index contributed by atoms with van der Waals surface area (Å²) in [7, 11) is 0. The number of halogens is 3. The van der Waals surface area contributed by atoms with E-state index in [9.17, 15) is 38.0 Å². The van der Waals surface area contributed by atoms with E-state index >= 15 is 0 Å². The first kappa shape index (κ1) is 32.3. The molecule has 0 spiro atoms. The number of nitrogens with zero attached hydrogens (tertiary/aromatic N) is 2. The highest BCUT2D eigenvalue weighted by molar-refractivity contribution is 5.72. The second-order valence-electron chi connectivity index (χ2n) is 8.97. The summed E-state index contributed by atoms with van der Waals surface area (Å²) in [5, 5.41) is 20.4. The van der Waals surface area contributed by atoms with Crippen LogP contribution in [0.4, 0.5) is 23.7 Å². The van der Waals surface area contributed by atoms with Gasteiger partial charge in [-0.1, -0.05) is 18.6 Å². The zero-order chi connectivity index (χ0) is 29.7. The third kappa shape index (κ3) is 11.5. The largest absolute Gasteiger partial charge is 0.492 e. The van der Waals surface area contributed by atoms with Gasteiger partial charge in [0.1, 0.15) is 18.1 Å². The maximum Gasteiger partial charge on any atom is 0.415 e. The molecule has 0 aliphatic heterocycles. The minimum Gasteiger partial charge on any atom is -0.492 e. The van der Waals surface area contributed by atoms with Gasteiger partial charge in [0.15, 0.2) is 6.10 Å². The fourth-order valence-electron chi connectivity index (χ4n) is 3.74. The Morgan fingerprint density at radius 3 is 2.33 bits per heavy atom. The summed E-state index contributed by atoms with van der Waals surface area (Å²) in [6, 6.07) is 10.7. The Balaban J connectivity index is 1.99. The summed E-state index contributed by atoms with van der Waals surface area (Å²) >= 11 is 0. The van der Waals surface area contributed by atoms with E-state index in [2.05, 4.69) is 0 Å². The van der Waals surface area contributed by atoms with Gasteiger partial charge in [-0.15, -0.1) is 0 Å². The third-order valence-electron chi connectivity index (χ3n) is 5.85. The number of carbonyl (C=O) groups excluding carboxylic acids is 1. The Kier molecular flexibility index (Phi) is 12.7.